The Morgan fingerprint density at radius 2 is 1.89 bits per heavy atom. The molecule has 0 heterocycles. The number of nitrogens with zero attached hydrogens (tertiary/aromatic N) is 1. The molecule has 0 spiro atoms. The SMILES string of the molecule is COCC(C)CNS(=O)(=O)N(C)CCCNC(C)C. The summed E-state index contributed by atoms with van der Waals surface area (Å²) < 4.78 is 32.8. The molecule has 2 N–H and O–H groups in total. The molecule has 0 aliphatic carbocycles. The first kappa shape index (κ1) is 18.8. The van der Waals surface area contributed by atoms with Crippen LogP contribution in [-0.2, 0) is 14.9 Å². The number of ether oxygens (including phenoxy) is 1. The zero-order valence-corrected chi connectivity index (χ0v) is 13.6. The van der Waals surface area contributed by atoms with E-state index in [1.54, 1.807) is 14.2 Å². The third-order valence-corrected chi connectivity index (χ3v) is 4.21. The molecule has 19 heavy (non-hydrogen) atoms. The Balaban J connectivity index is 3.97. The third-order valence-electron chi connectivity index (χ3n) is 2.68. The van der Waals surface area contributed by atoms with Crippen LogP contribution >= 0.6 is 0 Å². The van der Waals surface area contributed by atoms with Crippen molar-refractivity contribution in [2.24, 2.45) is 5.92 Å². The molecule has 1 unspecified atom stereocenters. The van der Waals surface area contributed by atoms with Crippen LogP contribution in [0.3, 0.4) is 0 Å². The van der Waals surface area contributed by atoms with Gasteiger partial charge in [0, 0.05) is 39.9 Å². The molecule has 1 atom stereocenters. The average molecular weight is 295 g/mol. The fraction of sp³-hybridized carbons (Fsp3) is 1.00. The first-order chi connectivity index (χ1) is 8.79. The Morgan fingerprint density at radius 1 is 1.26 bits per heavy atom. The van der Waals surface area contributed by atoms with Crippen molar-refractivity contribution in [2.45, 2.75) is 33.2 Å². The average Bonchev–Trinajstić information content (AvgIpc) is 2.32. The summed E-state index contributed by atoms with van der Waals surface area (Å²) in [6.45, 7) is 8.34. The highest BCUT2D eigenvalue weighted by Gasteiger charge is 2.17. The van der Waals surface area contributed by atoms with Crippen LogP contribution in [0.4, 0.5) is 0 Å². The second-order valence-electron chi connectivity index (χ2n) is 5.20. The molecule has 0 aromatic rings. The number of rotatable bonds is 11. The van der Waals surface area contributed by atoms with Gasteiger partial charge in [0.25, 0.3) is 10.2 Å². The Morgan fingerprint density at radius 3 is 2.42 bits per heavy atom. The van der Waals surface area contributed by atoms with E-state index in [4.69, 9.17) is 4.74 Å². The molecule has 6 nitrogen and oxygen atoms in total. The van der Waals surface area contributed by atoms with E-state index >= 15 is 0 Å². The molecule has 0 saturated carbocycles. The van der Waals surface area contributed by atoms with Crippen molar-refractivity contribution >= 4 is 10.2 Å². The Hall–Kier alpha value is -0.210. The van der Waals surface area contributed by atoms with Gasteiger partial charge in [-0.05, 0) is 18.9 Å². The summed E-state index contributed by atoms with van der Waals surface area (Å²) in [4.78, 5) is 0. The molecule has 0 aromatic heterocycles. The molecule has 0 aromatic carbocycles. The van der Waals surface area contributed by atoms with Gasteiger partial charge < -0.3 is 10.1 Å². The molecule has 0 radical (unpaired) electrons. The van der Waals surface area contributed by atoms with Crippen LogP contribution in [-0.4, -0.2) is 59.2 Å². The van der Waals surface area contributed by atoms with E-state index in [2.05, 4.69) is 23.9 Å². The zero-order chi connectivity index (χ0) is 14.9. The van der Waals surface area contributed by atoms with Crippen LogP contribution < -0.4 is 10.0 Å². The minimum absolute atomic E-state index is 0.163. The second-order valence-corrected chi connectivity index (χ2v) is 7.06. The quantitative estimate of drug-likeness (QED) is 0.542. The predicted octanol–water partition coefficient (Wildman–Crippen LogP) is 0.423. The molecule has 0 saturated heterocycles. The third kappa shape index (κ3) is 9.34. The van der Waals surface area contributed by atoms with Crippen molar-refractivity contribution in [3.8, 4) is 0 Å². The van der Waals surface area contributed by atoms with Gasteiger partial charge in [-0.25, -0.2) is 4.72 Å². The molecule has 0 amide bonds. The maximum Gasteiger partial charge on any atom is 0.279 e. The summed E-state index contributed by atoms with van der Waals surface area (Å²) in [5.41, 5.74) is 0. The van der Waals surface area contributed by atoms with Crippen LogP contribution in [0.2, 0.25) is 0 Å². The van der Waals surface area contributed by atoms with Crippen LogP contribution in [0, 0.1) is 5.92 Å². The van der Waals surface area contributed by atoms with Crippen LogP contribution in [0.25, 0.3) is 0 Å². The van der Waals surface area contributed by atoms with E-state index in [0.29, 0.717) is 25.7 Å². The highest BCUT2D eigenvalue weighted by molar-refractivity contribution is 7.87. The minimum atomic E-state index is -3.37. The molecular weight excluding hydrogens is 266 g/mol. The van der Waals surface area contributed by atoms with Gasteiger partial charge in [0.15, 0.2) is 0 Å². The highest BCUT2D eigenvalue weighted by atomic mass is 32.2. The number of nitrogens with one attached hydrogen (secondary N) is 2. The molecule has 116 valence electrons. The van der Waals surface area contributed by atoms with Crippen molar-refractivity contribution in [3.05, 3.63) is 0 Å². The highest BCUT2D eigenvalue weighted by Crippen LogP contribution is 1.99. The molecule has 0 bridgehead atoms. The lowest BCUT2D eigenvalue weighted by Gasteiger charge is -2.19. The van der Waals surface area contributed by atoms with Crippen molar-refractivity contribution in [3.63, 3.8) is 0 Å². The molecule has 0 aliphatic rings. The van der Waals surface area contributed by atoms with Gasteiger partial charge >= 0.3 is 0 Å². The van der Waals surface area contributed by atoms with Gasteiger partial charge in [-0.2, -0.15) is 12.7 Å². The summed E-state index contributed by atoms with van der Waals surface area (Å²) in [5.74, 6) is 0.163. The molecule has 7 heteroatoms. The van der Waals surface area contributed by atoms with E-state index in [9.17, 15) is 8.42 Å². The van der Waals surface area contributed by atoms with Crippen LogP contribution in [0.15, 0.2) is 0 Å². The smallest absolute Gasteiger partial charge is 0.279 e. The topological polar surface area (TPSA) is 70.7 Å². The van der Waals surface area contributed by atoms with Crippen molar-refractivity contribution in [1.82, 2.24) is 14.3 Å². The fourth-order valence-electron chi connectivity index (χ4n) is 1.51. The van der Waals surface area contributed by atoms with E-state index in [1.165, 1.54) is 4.31 Å². The van der Waals surface area contributed by atoms with Crippen LogP contribution in [0.5, 0.6) is 0 Å². The standard InChI is InChI=1S/C12H29N3O3S/c1-11(2)13-7-6-8-15(4)19(16,17)14-9-12(3)10-18-5/h11-14H,6-10H2,1-5H3. The normalized spacial score (nSPS) is 14.3. The van der Waals surface area contributed by atoms with Gasteiger partial charge in [0.05, 0.1) is 0 Å². The van der Waals surface area contributed by atoms with E-state index in [-0.39, 0.29) is 5.92 Å². The number of methoxy groups -OCH3 is 1. The fourth-order valence-corrected chi connectivity index (χ4v) is 2.60. The monoisotopic (exact) mass is 295 g/mol. The molecule has 0 fully saturated rings. The maximum atomic E-state index is 11.9. The van der Waals surface area contributed by atoms with Crippen molar-refractivity contribution in [2.75, 3.05) is 40.4 Å². The Bertz CT molecular complexity index is 320. The summed E-state index contributed by atoms with van der Waals surface area (Å²) in [6, 6.07) is 0.426. The van der Waals surface area contributed by atoms with Gasteiger partial charge in [-0.15, -0.1) is 0 Å². The van der Waals surface area contributed by atoms with Gasteiger partial charge in [0.1, 0.15) is 0 Å². The Labute approximate surface area is 118 Å². The predicted molar refractivity (Wildman–Crippen MR) is 78.3 cm³/mol. The van der Waals surface area contributed by atoms with Gasteiger partial charge in [0.2, 0.25) is 0 Å². The summed E-state index contributed by atoms with van der Waals surface area (Å²) in [6.07, 6.45) is 0.795. The van der Waals surface area contributed by atoms with Gasteiger partial charge in [-0.1, -0.05) is 20.8 Å². The second kappa shape index (κ2) is 9.66. The van der Waals surface area contributed by atoms with Crippen molar-refractivity contribution < 1.29 is 13.2 Å². The lowest BCUT2D eigenvalue weighted by Crippen LogP contribution is -2.41. The van der Waals surface area contributed by atoms with Gasteiger partial charge in [-0.3, -0.25) is 0 Å². The number of hydrogen-bond donors (Lipinski definition) is 2. The lowest BCUT2D eigenvalue weighted by atomic mass is 10.2. The summed E-state index contributed by atoms with van der Waals surface area (Å²) >= 11 is 0. The first-order valence-electron chi connectivity index (χ1n) is 6.72. The maximum absolute atomic E-state index is 11.9. The number of hydrogen-bond acceptors (Lipinski definition) is 4. The summed E-state index contributed by atoms with van der Waals surface area (Å²) in [5, 5.41) is 3.26. The minimum Gasteiger partial charge on any atom is -0.384 e. The van der Waals surface area contributed by atoms with Crippen LogP contribution in [0.1, 0.15) is 27.2 Å². The van der Waals surface area contributed by atoms with Crippen molar-refractivity contribution in [1.29, 1.82) is 0 Å². The molecule has 0 aliphatic heterocycles. The molecule has 0 rings (SSSR count). The first-order valence-corrected chi connectivity index (χ1v) is 8.16. The van der Waals surface area contributed by atoms with E-state index < -0.39 is 10.2 Å². The zero-order valence-electron chi connectivity index (χ0n) is 12.8. The van der Waals surface area contributed by atoms with E-state index in [0.717, 1.165) is 13.0 Å². The van der Waals surface area contributed by atoms with E-state index in [1.807, 2.05) is 6.92 Å². The lowest BCUT2D eigenvalue weighted by molar-refractivity contribution is 0.161. The Kier molecular flexibility index (Phi) is 9.55. The summed E-state index contributed by atoms with van der Waals surface area (Å²) in [7, 11) is -0.168. The molecular formula is C12H29N3O3S. The largest absolute Gasteiger partial charge is 0.384 e.